The zero-order chi connectivity index (χ0) is 26.4. The standard InChI is InChI=1S/C27H30FN5O4.ClH/c1-17-5-10-22-21(16-17)26(35)30-11-14-33(13-3-4-23(34)29-12-15-37-22)27(36)24-18(2)31-25(32-24)19-6-8-20(28)9-7-19;/h5-10,16H,3-4,11-15H2,1-2H3,(H,29,34)(H,30,35)(H,31,32);1H. The molecule has 38 heavy (non-hydrogen) atoms. The Morgan fingerprint density at radius 1 is 1.03 bits per heavy atom. The number of aromatic amines is 1. The smallest absolute Gasteiger partial charge is 0.274 e. The molecule has 1 aliphatic rings. The maximum atomic E-state index is 13.5. The Hall–Kier alpha value is -3.92. The van der Waals surface area contributed by atoms with Crippen LogP contribution in [0.4, 0.5) is 4.39 Å². The summed E-state index contributed by atoms with van der Waals surface area (Å²) in [5.41, 5.74) is 2.77. The van der Waals surface area contributed by atoms with E-state index in [1.54, 1.807) is 36.1 Å². The van der Waals surface area contributed by atoms with Gasteiger partial charge in [0.05, 0.1) is 12.1 Å². The van der Waals surface area contributed by atoms with Crippen molar-refractivity contribution in [1.29, 1.82) is 0 Å². The summed E-state index contributed by atoms with van der Waals surface area (Å²) in [4.78, 5) is 47.8. The Morgan fingerprint density at radius 2 is 1.79 bits per heavy atom. The van der Waals surface area contributed by atoms with Gasteiger partial charge in [0, 0.05) is 37.3 Å². The summed E-state index contributed by atoms with van der Waals surface area (Å²) in [5, 5.41) is 5.68. The zero-order valence-corrected chi connectivity index (χ0v) is 22.1. The molecular weight excluding hydrogens is 513 g/mol. The van der Waals surface area contributed by atoms with Gasteiger partial charge in [0.1, 0.15) is 29.7 Å². The van der Waals surface area contributed by atoms with Gasteiger partial charge in [0.15, 0.2) is 0 Å². The van der Waals surface area contributed by atoms with E-state index in [1.165, 1.54) is 12.1 Å². The van der Waals surface area contributed by atoms with Gasteiger partial charge in [-0.2, -0.15) is 0 Å². The number of nitrogens with zero attached hydrogens (tertiary/aromatic N) is 2. The molecule has 0 saturated heterocycles. The minimum absolute atomic E-state index is 0. The highest BCUT2D eigenvalue weighted by atomic mass is 35.5. The van der Waals surface area contributed by atoms with Crippen molar-refractivity contribution < 1.29 is 23.5 Å². The molecule has 202 valence electrons. The molecule has 0 saturated carbocycles. The van der Waals surface area contributed by atoms with Crippen molar-refractivity contribution in [3.63, 3.8) is 0 Å². The van der Waals surface area contributed by atoms with Crippen LogP contribution < -0.4 is 15.4 Å². The number of aromatic nitrogens is 2. The maximum absolute atomic E-state index is 13.5. The number of amides is 3. The second-order valence-corrected chi connectivity index (χ2v) is 8.92. The van der Waals surface area contributed by atoms with Crippen LogP contribution in [0.5, 0.6) is 5.75 Å². The molecule has 9 nitrogen and oxygen atoms in total. The van der Waals surface area contributed by atoms with Gasteiger partial charge in [0.25, 0.3) is 11.8 Å². The molecule has 3 N–H and O–H groups in total. The van der Waals surface area contributed by atoms with Crippen LogP contribution in [0.15, 0.2) is 42.5 Å². The van der Waals surface area contributed by atoms with Gasteiger partial charge in [-0.15, -0.1) is 12.4 Å². The molecule has 0 atom stereocenters. The number of nitrogens with one attached hydrogen (secondary N) is 3. The van der Waals surface area contributed by atoms with Crippen LogP contribution in [0.2, 0.25) is 0 Å². The van der Waals surface area contributed by atoms with Gasteiger partial charge in [-0.1, -0.05) is 11.6 Å². The second kappa shape index (κ2) is 13.0. The average molecular weight is 544 g/mol. The fourth-order valence-electron chi connectivity index (χ4n) is 4.09. The molecule has 0 spiro atoms. The normalized spacial score (nSPS) is 15.1. The number of benzene rings is 2. The molecule has 2 heterocycles. The Morgan fingerprint density at radius 3 is 2.55 bits per heavy atom. The van der Waals surface area contributed by atoms with Crippen molar-refractivity contribution in [2.75, 3.05) is 32.8 Å². The minimum Gasteiger partial charge on any atom is -0.491 e. The first kappa shape index (κ1) is 28.6. The number of imidazole rings is 1. The summed E-state index contributed by atoms with van der Waals surface area (Å²) in [6, 6.07) is 11.2. The number of H-pyrrole nitrogens is 1. The number of hydrogen-bond donors (Lipinski definition) is 3. The highest BCUT2D eigenvalue weighted by Crippen LogP contribution is 2.21. The Balaban J connectivity index is 0.00000400. The third-order valence-electron chi connectivity index (χ3n) is 6.05. The van der Waals surface area contributed by atoms with Crippen LogP contribution in [-0.2, 0) is 4.79 Å². The Bertz CT molecular complexity index is 1300. The first-order valence-corrected chi connectivity index (χ1v) is 12.2. The number of ether oxygens (including phenoxy) is 1. The highest BCUT2D eigenvalue weighted by molar-refractivity contribution is 5.97. The zero-order valence-electron chi connectivity index (χ0n) is 21.3. The van der Waals surface area contributed by atoms with Gasteiger partial charge in [-0.25, -0.2) is 9.37 Å². The van der Waals surface area contributed by atoms with E-state index in [9.17, 15) is 18.8 Å². The lowest BCUT2D eigenvalue weighted by molar-refractivity contribution is -0.121. The van der Waals surface area contributed by atoms with E-state index < -0.39 is 0 Å². The summed E-state index contributed by atoms with van der Waals surface area (Å²) in [6.07, 6.45) is 0.687. The van der Waals surface area contributed by atoms with Crippen LogP contribution in [0.3, 0.4) is 0 Å². The fourth-order valence-corrected chi connectivity index (χ4v) is 4.09. The van der Waals surface area contributed by atoms with E-state index in [4.69, 9.17) is 4.74 Å². The van der Waals surface area contributed by atoms with Crippen molar-refractivity contribution in [1.82, 2.24) is 25.5 Å². The number of carbonyl (C=O) groups excluding carboxylic acids is 3. The highest BCUT2D eigenvalue weighted by Gasteiger charge is 2.23. The topological polar surface area (TPSA) is 116 Å². The van der Waals surface area contributed by atoms with Crippen LogP contribution in [0.25, 0.3) is 11.4 Å². The Kier molecular flexibility index (Phi) is 9.84. The molecule has 0 aliphatic carbocycles. The Labute approximate surface area is 226 Å². The van der Waals surface area contributed by atoms with Gasteiger partial charge in [-0.3, -0.25) is 14.4 Å². The van der Waals surface area contributed by atoms with Crippen LogP contribution >= 0.6 is 12.4 Å². The summed E-state index contributed by atoms with van der Waals surface area (Å²) >= 11 is 0. The summed E-state index contributed by atoms with van der Waals surface area (Å²) < 4.78 is 19.1. The first-order valence-electron chi connectivity index (χ1n) is 12.2. The van der Waals surface area contributed by atoms with E-state index in [1.807, 2.05) is 13.0 Å². The molecule has 2 aromatic carbocycles. The molecule has 0 unspecified atom stereocenters. The van der Waals surface area contributed by atoms with E-state index in [0.29, 0.717) is 47.9 Å². The maximum Gasteiger partial charge on any atom is 0.274 e. The van der Waals surface area contributed by atoms with E-state index in [0.717, 1.165) is 5.56 Å². The monoisotopic (exact) mass is 543 g/mol. The SMILES string of the molecule is Cc1ccc2c(c1)C(=O)NCCN(C(=O)c1nc(-c3ccc(F)cc3)[nH]c1C)CCCC(=O)NCCO2.Cl. The number of hydrogen-bond acceptors (Lipinski definition) is 5. The lowest BCUT2D eigenvalue weighted by atomic mass is 10.1. The lowest BCUT2D eigenvalue weighted by Gasteiger charge is -2.22. The third-order valence-corrected chi connectivity index (χ3v) is 6.05. The molecule has 11 heteroatoms. The number of carbonyl (C=O) groups is 3. The predicted molar refractivity (Wildman–Crippen MR) is 143 cm³/mol. The van der Waals surface area contributed by atoms with Gasteiger partial charge < -0.3 is 25.3 Å². The van der Waals surface area contributed by atoms with Crippen molar-refractivity contribution in [2.45, 2.75) is 26.7 Å². The number of aryl methyl sites for hydroxylation is 2. The number of halogens is 2. The quantitative estimate of drug-likeness (QED) is 0.458. The van der Waals surface area contributed by atoms with Crippen molar-refractivity contribution >= 4 is 30.1 Å². The van der Waals surface area contributed by atoms with Gasteiger partial charge >= 0.3 is 0 Å². The molecule has 0 radical (unpaired) electrons. The van der Waals surface area contributed by atoms with Crippen LogP contribution in [0, 0.1) is 19.7 Å². The molecule has 1 aliphatic heterocycles. The number of fused-ring (bicyclic) bond motifs is 1. The van der Waals surface area contributed by atoms with Crippen LogP contribution in [0.1, 0.15) is 44.9 Å². The van der Waals surface area contributed by atoms with E-state index in [-0.39, 0.29) is 67.8 Å². The van der Waals surface area contributed by atoms with Crippen LogP contribution in [-0.4, -0.2) is 65.4 Å². The third kappa shape index (κ3) is 7.10. The summed E-state index contributed by atoms with van der Waals surface area (Å²) in [6.45, 7) is 4.91. The van der Waals surface area contributed by atoms with Gasteiger partial charge in [-0.05, 0) is 56.7 Å². The molecule has 0 fully saturated rings. The molecule has 3 amide bonds. The lowest BCUT2D eigenvalue weighted by Crippen LogP contribution is -2.40. The minimum atomic E-state index is -0.361. The fraction of sp³-hybridized carbons (Fsp3) is 0.333. The van der Waals surface area contributed by atoms with Crippen molar-refractivity contribution in [3.05, 3.63) is 70.8 Å². The second-order valence-electron chi connectivity index (χ2n) is 8.92. The van der Waals surface area contributed by atoms with Gasteiger partial charge in [0.2, 0.25) is 5.91 Å². The first-order chi connectivity index (χ1) is 17.8. The summed E-state index contributed by atoms with van der Waals surface area (Å²) in [5.74, 6) is -0.237. The van der Waals surface area contributed by atoms with Crippen molar-refractivity contribution in [2.24, 2.45) is 0 Å². The molecule has 1 aromatic heterocycles. The molecular formula is C27H31ClFN5O4. The van der Waals surface area contributed by atoms with E-state index >= 15 is 0 Å². The number of rotatable bonds is 2. The van der Waals surface area contributed by atoms with E-state index in [2.05, 4.69) is 20.6 Å². The molecule has 0 bridgehead atoms. The summed E-state index contributed by atoms with van der Waals surface area (Å²) in [7, 11) is 0. The predicted octanol–water partition coefficient (Wildman–Crippen LogP) is 3.42. The average Bonchev–Trinajstić information content (AvgIpc) is 3.27. The molecule has 3 aromatic rings. The molecule has 4 rings (SSSR count). The largest absolute Gasteiger partial charge is 0.491 e. The van der Waals surface area contributed by atoms with Crippen molar-refractivity contribution in [3.8, 4) is 17.1 Å².